The van der Waals surface area contributed by atoms with E-state index in [2.05, 4.69) is 26.3 Å². The smallest absolute Gasteiger partial charge is 0.191 e. The summed E-state index contributed by atoms with van der Waals surface area (Å²) in [5, 5.41) is 17.5. The second-order valence-corrected chi connectivity index (χ2v) is 6.23. The summed E-state index contributed by atoms with van der Waals surface area (Å²) in [6, 6.07) is 12.2. The quantitative estimate of drug-likeness (QED) is 0.357. The van der Waals surface area contributed by atoms with Gasteiger partial charge in [0.2, 0.25) is 0 Å². The summed E-state index contributed by atoms with van der Waals surface area (Å²) >= 11 is 0. The Morgan fingerprint density at radius 2 is 1.96 bits per heavy atom. The Labute approximate surface area is 166 Å². The summed E-state index contributed by atoms with van der Waals surface area (Å²) in [6.07, 6.45) is 5.74. The van der Waals surface area contributed by atoms with Crippen LogP contribution in [0.4, 0.5) is 0 Å². The fraction of sp³-hybridized carbons (Fsp3) is 0.421. The molecule has 1 aliphatic rings. The van der Waals surface area contributed by atoms with Gasteiger partial charge < -0.3 is 20.3 Å². The van der Waals surface area contributed by atoms with Gasteiger partial charge in [0.15, 0.2) is 5.96 Å². The van der Waals surface area contributed by atoms with E-state index < -0.39 is 5.60 Å². The van der Waals surface area contributed by atoms with Crippen LogP contribution in [0.2, 0.25) is 0 Å². The van der Waals surface area contributed by atoms with E-state index in [-0.39, 0.29) is 24.0 Å². The van der Waals surface area contributed by atoms with Crippen LogP contribution in [0.15, 0.2) is 53.8 Å². The van der Waals surface area contributed by atoms with Crippen molar-refractivity contribution in [3.05, 3.63) is 59.9 Å². The van der Waals surface area contributed by atoms with Crippen molar-refractivity contribution in [2.24, 2.45) is 4.99 Å². The molecule has 0 radical (unpaired) electrons. The van der Waals surface area contributed by atoms with Crippen molar-refractivity contribution in [3.63, 3.8) is 0 Å². The molecule has 2 aromatic rings. The number of aryl methyl sites for hydroxylation is 1. The molecule has 1 aliphatic carbocycles. The molecule has 1 aromatic carbocycles. The van der Waals surface area contributed by atoms with Gasteiger partial charge in [-0.2, -0.15) is 0 Å². The van der Waals surface area contributed by atoms with Gasteiger partial charge in [0.05, 0.1) is 6.54 Å². The van der Waals surface area contributed by atoms with Crippen LogP contribution < -0.4 is 10.6 Å². The molecular weight excluding hydrogens is 427 g/mol. The Morgan fingerprint density at radius 1 is 1.20 bits per heavy atom. The van der Waals surface area contributed by atoms with E-state index in [0.29, 0.717) is 6.54 Å². The number of aromatic nitrogens is 1. The highest BCUT2D eigenvalue weighted by Gasteiger charge is 2.36. The molecule has 1 aromatic heterocycles. The zero-order valence-electron chi connectivity index (χ0n) is 14.6. The van der Waals surface area contributed by atoms with Crippen molar-refractivity contribution in [2.45, 2.75) is 31.9 Å². The molecule has 6 heteroatoms. The molecule has 0 saturated carbocycles. The zero-order valence-corrected chi connectivity index (χ0v) is 16.9. The lowest BCUT2D eigenvalue weighted by Gasteiger charge is -2.22. The molecule has 0 amide bonds. The normalized spacial score (nSPS) is 19.2. The van der Waals surface area contributed by atoms with Crippen LogP contribution in [0, 0.1) is 0 Å². The Bertz CT molecular complexity index is 686. The summed E-state index contributed by atoms with van der Waals surface area (Å²) in [7, 11) is 0. The zero-order chi connectivity index (χ0) is 16.8. The number of halogens is 1. The second-order valence-electron chi connectivity index (χ2n) is 6.23. The highest BCUT2D eigenvalue weighted by molar-refractivity contribution is 14.0. The third kappa shape index (κ3) is 4.98. The molecule has 0 aliphatic heterocycles. The average Bonchev–Trinajstić information content (AvgIpc) is 3.22. The summed E-state index contributed by atoms with van der Waals surface area (Å²) < 4.78 is 2.12. The lowest BCUT2D eigenvalue weighted by molar-refractivity contribution is 0.0485. The maximum absolute atomic E-state index is 11.0. The van der Waals surface area contributed by atoms with E-state index in [1.807, 2.05) is 49.6 Å². The van der Waals surface area contributed by atoms with Crippen LogP contribution in [-0.2, 0) is 18.6 Å². The monoisotopic (exact) mass is 454 g/mol. The minimum atomic E-state index is -0.848. The average molecular weight is 454 g/mol. The summed E-state index contributed by atoms with van der Waals surface area (Å²) in [5.41, 5.74) is 1.41. The summed E-state index contributed by atoms with van der Waals surface area (Å²) in [4.78, 5) is 4.62. The standard InChI is InChI=1S/C19H26N4O.HI/c1-2-20-18(21-11-14-23-12-5-6-13-23)22-15-19(24)10-9-16-7-3-4-8-17(16)19;/h3-8,12-13,24H,2,9-11,14-15H2,1H3,(H2,20,21,22);1H. The summed E-state index contributed by atoms with van der Waals surface area (Å²) in [5.74, 6) is 0.752. The molecule has 3 rings (SSSR count). The Kier molecular flexibility index (Phi) is 7.31. The molecule has 25 heavy (non-hydrogen) atoms. The molecule has 5 nitrogen and oxygen atoms in total. The highest BCUT2D eigenvalue weighted by Crippen LogP contribution is 2.36. The van der Waals surface area contributed by atoms with E-state index in [0.717, 1.165) is 44.0 Å². The maximum Gasteiger partial charge on any atom is 0.191 e. The predicted molar refractivity (Wildman–Crippen MR) is 112 cm³/mol. The lowest BCUT2D eigenvalue weighted by Crippen LogP contribution is -2.40. The number of hydrogen-bond acceptors (Lipinski definition) is 2. The van der Waals surface area contributed by atoms with Gasteiger partial charge in [-0.3, -0.25) is 0 Å². The van der Waals surface area contributed by atoms with Crippen LogP contribution in [0.3, 0.4) is 0 Å². The van der Waals surface area contributed by atoms with Crippen molar-refractivity contribution in [3.8, 4) is 0 Å². The van der Waals surface area contributed by atoms with Crippen LogP contribution in [0.5, 0.6) is 0 Å². The minimum Gasteiger partial charge on any atom is -0.383 e. The molecule has 1 atom stereocenters. The van der Waals surface area contributed by atoms with E-state index in [4.69, 9.17) is 0 Å². The minimum absolute atomic E-state index is 0. The van der Waals surface area contributed by atoms with Crippen molar-refractivity contribution in [2.75, 3.05) is 19.6 Å². The number of benzene rings is 1. The van der Waals surface area contributed by atoms with Crippen LogP contribution in [-0.4, -0.2) is 35.3 Å². The number of aliphatic imine (C=N–C) groups is 1. The molecular formula is C19H27IN4O. The fourth-order valence-corrected chi connectivity index (χ4v) is 3.21. The SMILES string of the molecule is CCNC(=NCC1(O)CCc2ccccc21)NCCn1cccc1.I. The number of guanidine groups is 1. The molecule has 0 spiro atoms. The fourth-order valence-electron chi connectivity index (χ4n) is 3.21. The lowest BCUT2D eigenvalue weighted by atomic mass is 9.96. The molecule has 0 fully saturated rings. The third-order valence-electron chi connectivity index (χ3n) is 4.50. The van der Waals surface area contributed by atoms with Gasteiger partial charge >= 0.3 is 0 Å². The van der Waals surface area contributed by atoms with Crippen molar-refractivity contribution < 1.29 is 5.11 Å². The van der Waals surface area contributed by atoms with Crippen LogP contribution in [0.1, 0.15) is 24.5 Å². The molecule has 0 saturated heterocycles. The predicted octanol–water partition coefficient (Wildman–Crippen LogP) is 2.50. The van der Waals surface area contributed by atoms with Gasteiger partial charge in [-0.1, -0.05) is 24.3 Å². The van der Waals surface area contributed by atoms with E-state index in [1.54, 1.807) is 0 Å². The number of aliphatic hydroxyl groups is 1. The number of hydrogen-bond donors (Lipinski definition) is 3. The third-order valence-corrected chi connectivity index (χ3v) is 4.50. The molecule has 0 bridgehead atoms. The molecule has 3 N–H and O–H groups in total. The molecule has 1 heterocycles. The first kappa shape index (κ1) is 19.8. The second kappa shape index (κ2) is 9.24. The Hall–Kier alpha value is -1.54. The number of rotatable bonds is 6. The number of fused-ring (bicyclic) bond motifs is 1. The Balaban J connectivity index is 0.00000225. The van der Waals surface area contributed by atoms with Gasteiger partial charge in [0.1, 0.15) is 5.60 Å². The maximum atomic E-state index is 11.0. The van der Waals surface area contributed by atoms with Crippen molar-refractivity contribution in [1.29, 1.82) is 0 Å². The first-order valence-corrected chi connectivity index (χ1v) is 8.65. The largest absolute Gasteiger partial charge is 0.383 e. The molecule has 1 unspecified atom stereocenters. The number of nitrogens with zero attached hydrogens (tertiary/aromatic N) is 2. The first-order chi connectivity index (χ1) is 11.7. The van der Waals surface area contributed by atoms with E-state index in [9.17, 15) is 5.11 Å². The van der Waals surface area contributed by atoms with Gasteiger partial charge in [-0.05, 0) is 43.0 Å². The van der Waals surface area contributed by atoms with Gasteiger partial charge in [-0.15, -0.1) is 24.0 Å². The Morgan fingerprint density at radius 3 is 2.72 bits per heavy atom. The van der Waals surface area contributed by atoms with Crippen LogP contribution >= 0.6 is 24.0 Å². The van der Waals surface area contributed by atoms with Gasteiger partial charge in [-0.25, -0.2) is 4.99 Å². The molecule has 136 valence electrons. The van der Waals surface area contributed by atoms with E-state index >= 15 is 0 Å². The van der Waals surface area contributed by atoms with Crippen LogP contribution in [0.25, 0.3) is 0 Å². The van der Waals surface area contributed by atoms with Crippen molar-refractivity contribution in [1.82, 2.24) is 15.2 Å². The van der Waals surface area contributed by atoms with Crippen molar-refractivity contribution >= 4 is 29.9 Å². The number of nitrogens with one attached hydrogen (secondary N) is 2. The summed E-state index contributed by atoms with van der Waals surface area (Å²) in [6.45, 7) is 4.88. The highest BCUT2D eigenvalue weighted by atomic mass is 127. The topological polar surface area (TPSA) is 61.6 Å². The van der Waals surface area contributed by atoms with Gasteiger partial charge in [0, 0.05) is 32.0 Å². The van der Waals surface area contributed by atoms with E-state index in [1.165, 1.54) is 5.56 Å². The van der Waals surface area contributed by atoms with Gasteiger partial charge in [0.25, 0.3) is 0 Å². The first-order valence-electron chi connectivity index (χ1n) is 8.65.